The van der Waals surface area contributed by atoms with Crippen molar-refractivity contribution in [2.24, 2.45) is 0 Å². The van der Waals surface area contributed by atoms with Crippen LogP contribution in [0.4, 0.5) is 0 Å². The van der Waals surface area contributed by atoms with Crippen molar-refractivity contribution in [3.05, 3.63) is 58.7 Å². The molecule has 1 aromatic heterocycles. The maximum Gasteiger partial charge on any atom is 0.374 e. The zero-order valence-corrected chi connectivity index (χ0v) is 17.0. The second-order valence-corrected chi connectivity index (χ2v) is 6.98. The fraction of sp³-hybridized carbons (Fsp3) is 0.182. The van der Waals surface area contributed by atoms with E-state index in [0.29, 0.717) is 22.8 Å². The smallest absolute Gasteiger partial charge is 0.374 e. The van der Waals surface area contributed by atoms with Crippen molar-refractivity contribution in [1.29, 1.82) is 5.26 Å². The van der Waals surface area contributed by atoms with E-state index in [0.717, 1.165) is 15.0 Å². The largest absolute Gasteiger partial charge is 0.493 e. The molecule has 0 atom stereocenters. The second-order valence-electron chi connectivity index (χ2n) is 5.86. The molecule has 29 heavy (non-hydrogen) atoms. The van der Waals surface area contributed by atoms with Crippen LogP contribution in [0, 0.1) is 11.3 Å². The topological polar surface area (TPSA) is 77.8 Å². The number of esters is 1. The fourth-order valence-corrected chi connectivity index (χ4v) is 3.65. The van der Waals surface area contributed by atoms with Gasteiger partial charge in [0.25, 0.3) is 0 Å². The Morgan fingerprint density at radius 3 is 2.41 bits per heavy atom. The molecule has 7 heteroatoms. The van der Waals surface area contributed by atoms with Gasteiger partial charge < -0.3 is 18.9 Å². The van der Waals surface area contributed by atoms with E-state index in [9.17, 15) is 4.79 Å². The molecule has 0 radical (unpaired) electrons. The first-order valence-electron chi connectivity index (χ1n) is 8.80. The lowest BCUT2D eigenvalue weighted by Gasteiger charge is -2.09. The molecule has 1 heterocycles. The highest BCUT2D eigenvalue weighted by Gasteiger charge is 2.16. The molecule has 0 amide bonds. The average molecular weight is 409 g/mol. The minimum Gasteiger partial charge on any atom is -0.493 e. The van der Waals surface area contributed by atoms with Gasteiger partial charge in [-0.05, 0) is 48.7 Å². The zero-order chi connectivity index (χ0) is 20.8. The number of hydrogen-bond acceptors (Lipinski definition) is 7. The summed E-state index contributed by atoms with van der Waals surface area (Å²) in [4.78, 5) is 13.2. The van der Waals surface area contributed by atoms with Crippen LogP contribution in [0.3, 0.4) is 0 Å². The highest BCUT2D eigenvalue weighted by Crippen LogP contribution is 2.37. The van der Waals surface area contributed by atoms with Gasteiger partial charge >= 0.3 is 5.97 Å². The second kappa shape index (κ2) is 9.13. The van der Waals surface area contributed by atoms with Gasteiger partial charge in [0.05, 0.1) is 32.5 Å². The van der Waals surface area contributed by atoms with E-state index < -0.39 is 5.97 Å². The van der Waals surface area contributed by atoms with Crippen LogP contribution in [0.15, 0.2) is 48.2 Å². The summed E-state index contributed by atoms with van der Waals surface area (Å²) < 4.78 is 22.5. The molecule has 0 spiro atoms. The number of nitrogens with zero attached hydrogens (tertiary/aromatic N) is 1. The van der Waals surface area contributed by atoms with E-state index in [2.05, 4.69) is 0 Å². The van der Waals surface area contributed by atoms with Crippen molar-refractivity contribution in [3.63, 3.8) is 0 Å². The predicted molar refractivity (Wildman–Crippen MR) is 111 cm³/mol. The number of ether oxygens (including phenoxy) is 4. The first-order chi connectivity index (χ1) is 14.1. The van der Waals surface area contributed by atoms with Crippen molar-refractivity contribution in [2.45, 2.75) is 6.92 Å². The lowest BCUT2D eigenvalue weighted by Crippen LogP contribution is -2.12. The Labute approximate surface area is 172 Å². The molecule has 0 fully saturated rings. The first-order valence-corrected chi connectivity index (χ1v) is 9.62. The number of carbonyl (C=O) groups excluding carboxylic acids is 1. The monoisotopic (exact) mass is 409 g/mol. The quantitative estimate of drug-likeness (QED) is 0.318. The van der Waals surface area contributed by atoms with Crippen molar-refractivity contribution < 1.29 is 23.7 Å². The molecule has 3 rings (SSSR count). The van der Waals surface area contributed by atoms with Crippen molar-refractivity contribution >= 4 is 33.5 Å². The molecule has 0 aliphatic heterocycles. The van der Waals surface area contributed by atoms with Crippen LogP contribution >= 0.6 is 11.3 Å². The number of benzene rings is 2. The normalized spacial score (nSPS) is 11.0. The standard InChI is InChI=1S/C22H19NO5S/c1-4-27-22(24)20(28-16-7-5-14(13-23)6-8-16)11-17-9-15-10-18(25-2)19(26-3)12-21(15)29-17/h5-12H,4H2,1-3H3. The minimum atomic E-state index is -0.565. The molecule has 2 aromatic carbocycles. The Morgan fingerprint density at radius 1 is 1.10 bits per heavy atom. The fourth-order valence-electron chi connectivity index (χ4n) is 2.64. The van der Waals surface area contributed by atoms with Crippen LogP contribution in [0.5, 0.6) is 17.2 Å². The average Bonchev–Trinajstić information content (AvgIpc) is 3.14. The van der Waals surface area contributed by atoms with Gasteiger partial charge in [-0.15, -0.1) is 11.3 Å². The Kier molecular flexibility index (Phi) is 6.37. The van der Waals surface area contributed by atoms with E-state index in [1.165, 1.54) is 11.3 Å². The molecule has 0 aliphatic rings. The minimum absolute atomic E-state index is 0.0574. The summed E-state index contributed by atoms with van der Waals surface area (Å²) in [5.41, 5.74) is 0.506. The number of hydrogen-bond donors (Lipinski definition) is 0. The van der Waals surface area contributed by atoms with E-state index in [-0.39, 0.29) is 12.4 Å². The van der Waals surface area contributed by atoms with E-state index >= 15 is 0 Å². The van der Waals surface area contributed by atoms with Crippen LogP contribution in [0.1, 0.15) is 17.4 Å². The van der Waals surface area contributed by atoms with Gasteiger partial charge in [0, 0.05) is 21.7 Å². The molecule has 3 aromatic rings. The van der Waals surface area contributed by atoms with E-state index in [4.69, 9.17) is 24.2 Å². The van der Waals surface area contributed by atoms with Gasteiger partial charge in [0.2, 0.25) is 5.76 Å². The SMILES string of the molecule is CCOC(=O)C(=Cc1cc2cc(OC)c(OC)cc2s1)Oc1ccc(C#N)cc1. The summed E-state index contributed by atoms with van der Waals surface area (Å²) >= 11 is 1.48. The van der Waals surface area contributed by atoms with Gasteiger partial charge in [-0.1, -0.05) is 0 Å². The maximum absolute atomic E-state index is 12.4. The zero-order valence-electron chi connectivity index (χ0n) is 16.2. The third-order valence-electron chi connectivity index (χ3n) is 4.00. The highest BCUT2D eigenvalue weighted by atomic mass is 32.1. The van der Waals surface area contributed by atoms with Crippen LogP contribution in [-0.2, 0) is 9.53 Å². The molecule has 6 nitrogen and oxygen atoms in total. The van der Waals surface area contributed by atoms with E-state index in [1.54, 1.807) is 51.5 Å². The summed E-state index contributed by atoms with van der Waals surface area (Å²) in [6.07, 6.45) is 1.64. The third-order valence-corrected chi connectivity index (χ3v) is 5.05. The summed E-state index contributed by atoms with van der Waals surface area (Å²) in [5, 5.41) is 9.87. The number of nitriles is 1. The lowest BCUT2D eigenvalue weighted by molar-refractivity contribution is -0.140. The number of thiophene rings is 1. The van der Waals surface area contributed by atoms with Crippen molar-refractivity contribution in [1.82, 2.24) is 0 Å². The number of methoxy groups -OCH3 is 2. The predicted octanol–water partition coefficient (Wildman–Crippen LogP) is 4.77. The van der Waals surface area contributed by atoms with Crippen LogP contribution in [0.2, 0.25) is 0 Å². The summed E-state index contributed by atoms with van der Waals surface area (Å²) in [6.45, 7) is 1.96. The summed E-state index contributed by atoms with van der Waals surface area (Å²) in [5.74, 6) is 1.20. The molecular weight excluding hydrogens is 390 g/mol. The Morgan fingerprint density at radius 2 is 1.79 bits per heavy atom. The third kappa shape index (κ3) is 4.68. The summed E-state index contributed by atoms with van der Waals surface area (Å²) in [6, 6.07) is 14.3. The van der Waals surface area contributed by atoms with Crippen molar-refractivity contribution in [3.8, 4) is 23.3 Å². The molecule has 0 bridgehead atoms. The van der Waals surface area contributed by atoms with Crippen LogP contribution < -0.4 is 14.2 Å². The highest BCUT2D eigenvalue weighted by molar-refractivity contribution is 7.19. The number of carbonyl (C=O) groups is 1. The van der Waals surface area contributed by atoms with Gasteiger partial charge in [0.1, 0.15) is 5.75 Å². The Bertz CT molecular complexity index is 1050. The molecule has 0 N–H and O–H groups in total. The molecule has 0 aliphatic carbocycles. The first kappa shape index (κ1) is 20.2. The maximum atomic E-state index is 12.4. The molecule has 0 unspecified atom stereocenters. The summed E-state index contributed by atoms with van der Waals surface area (Å²) in [7, 11) is 3.17. The molecule has 0 saturated carbocycles. The van der Waals surface area contributed by atoms with Crippen LogP contribution in [0.25, 0.3) is 16.2 Å². The lowest BCUT2D eigenvalue weighted by atomic mass is 10.2. The number of rotatable bonds is 7. The van der Waals surface area contributed by atoms with Gasteiger partial charge in [-0.3, -0.25) is 0 Å². The van der Waals surface area contributed by atoms with Crippen LogP contribution in [-0.4, -0.2) is 26.8 Å². The number of fused-ring (bicyclic) bond motifs is 1. The molecule has 148 valence electrons. The van der Waals surface area contributed by atoms with Gasteiger partial charge in [0.15, 0.2) is 11.5 Å². The molecule has 0 saturated heterocycles. The van der Waals surface area contributed by atoms with Crippen molar-refractivity contribution in [2.75, 3.05) is 20.8 Å². The Hall–Kier alpha value is -3.50. The Balaban J connectivity index is 1.97. The van der Waals surface area contributed by atoms with E-state index in [1.807, 2.05) is 24.3 Å². The molecular formula is C22H19NO5S. The van der Waals surface area contributed by atoms with Gasteiger partial charge in [-0.25, -0.2) is 4.79 Å². The van der Waals surface area contributed by atoms with Gasteiger partial charge in [-0.2, -0.15) is 5.26 Å².